The zero-order valence-corrected chi connectivity index (χ0v) is 18.1. The highest BCUT2D eigenvalue weighted by Crippen LogP contribution is 2.28. The topological polar surface area (TPSA) is 133 Å². The van der Waals surface area contributed by atoms with E-state index < -0.39 is 24.0 Å². The Labute approximate surface area is 190 Å². The number of anilines is 1. The molecule has 0 radical (unpaired) electrons. The second-order valence-electron chi connectivity index (χ2n) is 7.47. The molecule has 3 heterocycles. The van der Waals surface area contributed by atoms with Crippen LogP contribution in [0.4, 0.5) is 5.82 Å². The zero-order chi connectivity index (χ0) is 23.4. The smallest absolute Gasteiger partial charge is 0.291 e. The molecule has 0 fully saturated rings. The van der Waals surface area contributed by atoms with Crippen molar-refractivity contribution in [2.45, 2.75) is 25.5 Å². The summed E-state index contributed by atoms with van der Waals surface area (Å²) in [5.41, 5.74) is 1.41. The first kappa shape index (κ1) is 22.0. The van der Waals surface area contributed by atoms with Gasteiger partial charge in [-0.3, -0.25) is 19.6 Å². The third kappa shape index (κ3) is 5.16. The summed E-state index contributed by atoms with van der Waals surface area (Å²) in [6.45, 7) is 1.46. The normalized spacial score (nSPS) is 16.0. The maximum Gasteiger partial charge on any atom is 0.291 e. The van der Waals surface area contributed by atoms with Crippen molar-refractivity contribution in [3.63, 3.8) is 0 Å². The molecule has 3 N–H and O–H groups in total. The van der Waals surface area contributed by atoms with Crippen LogP contribution < -0.4 is 15.0 Å². The van der Waals surface area contributed by atoms with E-state index in [9.17, 15) is 14.7 Å². The minimum Gasteiger partial charge on any atom is -0.487 e. The van der Waals surface area contributed by atoms with Gasteiger partial charge in [-0.1, -0.05) is 36.3 Å². The van der Waals surface area contributed by atoms with Crippen LogP contribution in [-0.2, 0) is 11.2 Å². The lowest BCUT2D eigenvalue weighted by Crippen LogP contribution is -2.49. The van der Waals surface area contributed by atoms with Gasteiger partial charge in [-0.15, -0.1) is 5.10 Å². The molecule has 0 aliphatic carbocycles. The third-order valence-corrected chi connectivity index (χ3v) is 4.85. The number of carbonyl (C=O) groups excluding carboxylic acids is 2. The predicted molar refractivity (Wildman–Crippen MR) is 119 cm³/mol. The number of aromatic amines is 1. The average molecular weight is 446 g/mol. The molecule has 2 atom stereocenters. The molecule has 3 aromatic rings. The van der Waals surface area contributed by atoms with Gasteiger partial charge < -0.3 is 15.2 Å². The first-order valence-corrected chi connectivity index (χ1v) is 10.3. The molecule has 2 aromatic heterocycles. The monoisotopic (exact) mass is 446 g/mol. The van der Waals surface area contributed by atoms with Crippen LogP contribution in [0.5, 0.6) is 5.75 Å². The van der Waals surface area contributed by atoms with Gasteiger partial charge in [-0.05, 0) is 30.5 Å². The Morgan fingerprint density at radius 1 is 1.30 bits per heavy atom. The summed E-state index contributed by atoms with van der Waals surface area (Å²) in [5, 5.41) is 18.7. The predicted octanol–water partition coefficient (Wildman–Crippen LogP) is 0.677. The standard InChI is InChI=1S/C23H22N6O4/c1-14(30)8-9-16-10-11-18-21(24-16)29(2)23(32)17(13-33-18)25-22(31)20-26-19(27-28-20)12-15-6-4-3-5-7-15/h3-7,10-11,14,17,30H,12-13H2,1-2H3,(H,25,31)(H,26,27,28)/t14?,17-/m0/s1. The number of carbonyl (C=O) groups is 2. The fourth-order valence-corrected chi connectivity index (χ4v) is 3.21. The summed E-state index contributed by atoms with van der Waals surface area (Å²) in [6.07, 6.45) is -0.305. The van der Waals surface area contributed by atoms with Gasteiger partial charge in [0, 0.05) is 13.5 Å². The highest BCUT2D eigenvalue weighted by Gasteiger charge is 2.32. The van der Waals surface area contributed by atoms with Gasteiger partial charge in [0.2, 0.25) is 5.82 Å². The van der Waals surface area contributed by atoms with Crippen molar-refractivity contribution in [1.82, 2.24) is 25.5 Å². The van der Waals surface area contributed by atoms with Crippen molar-refractivity contribution in [3.8, 4) is 17.6 Å². The molecule has 33 heavy (non-hydrogen) atoms. The lowest BCUT2D eigenvalue weighted by Gasteiger charge is -2.19. The first-order valence-electron chi connectivity index (χ1n) is 10.3. The minimum atomic E-state index is -0.959. The van der Waals surface area contributed by atoms with Crippen molar-refractivity contribution in [1.29, 1.82) is 0 Å². The van der Waals surface area contributed by atoms with Crippen LogP contribution in [0.2, 0.25) is 0 Å². The summed E-state index contributed by atoms with van der Waals surface area (Å²) in [4.78, 5) is 35.5. The van der Waals surface area contributed by atoms with E-state index in [1.54, 1.807) is 26.1 Å². The second kappa shape index (κ2) is 9.50. The summed E-state index contributed by atoms with van der Waals surface area (Å²) >= 11 is 0. The van der Waals surface area contributed by atoms with Gasteiger partial charge >= 0.3 is 0 Å². The number of hydrogen-bond donors (Lipinski definition) is 3. The molecule has 2 amide bonds. The number of benzene rings is 1. The first-order chi connectivity index (χ1) is 15.9. The number of H-pyrrole nitrogens is 1. The molecule has 0 bridgehead atoms. The van der Waals surface area contributed by atoms with Crippen LogP contribution >= 0.6 is 0 Å². The molecule has 0 saturated carbocycles. The maximum atomic E-state index is 13.0. The van der Waals surface area contributed by atoms with Crippen LogP contribution in [-0.4, -0.2) is 62.9 Å². The molecule has 4 rings (SSSR count). The Hall–Kier alpha value is -4.23. The molecule has 1 aliphatic rings. The molecular formula is C23H22N6O4. The highest BCUT2D eigenvalue weighted by atomic mass is 16.5. The fourth-order valence-electron chi connectivity index (χ4n) is 3.21. The number of rotatable bonds is 4. The van der Waals surface area contributed by atoms with Gasteiger partial charge in [0.15, 0.2) is 11.6 Å². The molecule has 168 valence electrons. The molecule has 10 nitrogen and oxygen atoms in total. The van der Waals surface area contributed by atoms with Crippen molar-refractivity contribution < 1.29 is 19.4 Å². The minimum absolute atomic E-state index is 0.0630. The fraction of sp³-hybridized carbons (Fsp3) is 0.261. The lowest BCUT2D eigenvalue weighted by molar-refractivity contribution is -0.120. The van der Waals surface area contributed by atoms with Crippen LogP contribution in [0.25, 0.3) is 0 Å². The Kier molecular flexibility index (Phi) is 6.33. The number of hydrogen-bond acceptors (Lipinski definition) is 7. The molecule has 10 heteroatoms. The number of aliphatic hydroxyl groups is 1. The molecular weight excluding hydrogens is 424 g/mol. The number of likely N-dealkylation sites (N-methyl/N-ethyl adjacent to an activating group) is 1. The average Bonchev–Trinajstić information content (AvgIpc) is 3.24. The molecule has 1 aliphatic heterocycles. The van der Waals surface area contributed by atoms with Crippen molar-refractivity contribution in [2.75, 3.05) is 18.6 Å². The summed E-state index contributed by atoms with van der Waals surface area (Å²) in [5.74, 6) is 5.48. The highest BCUT2D eigenvalue weighted by molar-refractivity contribution is 6.01. The summed E-state index contributed by atoms with van der Waals surface area (Å²) in [7, 11) is 1.54. The Morgan fingerprint density at radius 2 is 2.09 bits per heavy atom. The van der Waals surface area contributed by atoms with E-state index in [4.69, 9.17) is 4.74 Å². The Balaban J connectivity index is 1.45. The van der Waals surface area contributed by atoms with E-state index >= 15 is 0 Å². The van der Waals surface area contributed by atoms with Gasteiger partial charge in [0.25, 0.3) is 11.8 Å². The molecule has 1 aromatic carbocycles. The third-order valence-electron chi connectivity index (χ3n) is 4.85. The van der Waals surface area contributed by atoms with Gasteiger partial charge in [0.05, 0.1) is 0 Å². The number of pyridine rings is 1. The van der Waals surface area contributed by atoms with Crippen LogP contribution in [0.1, 0.15) is 34.6 Å². The summed E-state index contributed by atoms with van der Waals surface area (Å²) < 4.78 is 5.72. The number of aromatic nitrogens is 4. The van der Waals surface area contributed by atoms with Gasteiger partial charge in [0.1, 0.15) is 30.3 Å². The molecule has 1 unspecified atom stereocenters. The summed E-state index contributed by atoms with van der Waals surface area (Å²) in [6, 6.07) is 12.0. The largest absolute Gasteiger partial charge is 0.487 e. The van der Waals surface area contributed by atoms with E-state index in [0.717, 1.165) is 5.56 Å². The Morgan fingerprint density at radius 3 is 2.85 bits per heavy atom. The number of aliphatic hydroxyl groups excluding tert-OH is 1. The van der Waals surface area contributed by atoms with Crippen molar-refractivity contribution in [3.05, 3.63) is 65.4 Å². The van der Waals surface area contributed by atoms with Crippen LogP contribution in [0.15, 0.2) is 42.5 Å². The van der Waals surface area contributed by atoms with E-state index in [2.05, 4.69) is 37.3 Å². The van der Waals surface area contributed by atoms with Crippen LogP contribution in [0.3, 0.4) is 0 Å². The number of ether oxygens (including phenoxy) is 1. The van der Waals surface area contributed by atoms with E-state index in [1.807, 2.05) is 30.3 Å². The van der Waals surface area contributed by atoms with Gasteiger partial charge in [-0.25, -0.2) is 9.97 Å². The van der Waals surface area contributed by atoms with E-state index in [0.29, 0.717) is 23.7 Å². The zero-order valence-electron chi connectivity index (χ0n) is 18.1. The van der Waals surface area contributed by atoms with Gasteiger partial charge in [-0.2, -0.15) is 0 Å². The number of fused-ring (bicyclic) bond motifs is 1. The number of amides is 2. The number of nitrogens with one attached hydrogen (secondary N) is 2. The molecule has 0 saturated heterocycles. The SMILES string of the molecule is CC(O)C#Cc1ccc2c(n1)N(C)C(=O)[C@@H](NC(=O)c1n[nH]c(Cc3ccccc3)n1)CO2. The number of nitrogens with zero attached hydrogens (tertiary/aromatic N) is 4. The molecule has 0 spiro atoms. The van der Waals surface area contributed by atoms with E-state index in [-0.39, 0.29) is 18.2 Å². The quantitative estimate of drug-likeness (QED) is 0.502. The van der Waals surface area contributed by atoms with Crippen molar-refractivity contribution >= 4 is 17.6 Å². The second-order valence-corrected chi connectivity index (χ2v) is 7.47. The van der Waals surface area contributed by atoms with E-state index in [1.165, 1.54) is 4.90 Å². The lowest BCUT2D eigenvalue weighted by atomic mass is 10.1. The van der Waals surface area contributed by atoms with Crippen LogP contribution in [0, 0.1) is 11.8 Å². The maximum absolute atomic E-state index is 13.0. The Bertz CT molecular complexity index is 1230. The van der Waals surface area contributed by atoms with Crippen molar-refractivity contribution in [2.24, 2.45) is 0 Å².